The second kappa shape index (κ2) is 6.30. The quantitative estimate of drug-likeness (QED) is 0.805. The van der Waals surface area contributed by atoms with Crippen LogP contribution in [0, 0.1) is 11.3 Å². The average molecular weight is 327 g/mol. The summed E-state index contributed by atoms with van der Waals surface area (Å²) < 4.78 is 7.50. The monoisotopic (exact) mass is 327 g/mol. The predicted octanol–water partition coefficient (Wildman–Crippen LogP) is 2.25. The van der Waals surface area contributed by atoms with Gasteiger partial charge in [0.1, 0.15) is 23.5 Å². The van der Waals surface area contributed by atoms with Gasteiger partial charge in [-0.2, -0.15) is 5.26 Å². The summed E-state index contributed by atoms with van der Waals surface area (Å²) in [5, 5.41) is 18.7. The molecule has 1 aliphatic carbocycles. The Morgan fingerprint density at radius 1 is 1.30 bits per heavy atom. The van der Waals surface area contributed by atoms with E-state index in [4.69, 9.17) is 9.72 Å². The zero-order valence-corrected chi connectivity index (χ0v) is 13.6. The first kappa shape index (κ1) is 14.7. The highest BCUT2D eigenvalue weighted by Gasteiger charge is 2.19. The molecule has 0 radical (unpaired) electrons. The van der Waals surface area contributed by atoms with Gasteiger partial charge in [0.05, 0.1) is 17.9 Å². The molecule has 0 spiro atoms. The number of pyridine rings is 1. The lowest BCUT2D eigenvalue weighted by molar-refractivity contribution is 0.0808. The van der Waals surface area contributed by atoms with Crippen LogP contribution in [0.5, 0.6) is 0 Å². The smallest absolute Gasteiger partial charge is 0.159 e. The van der Waals surface area contributed by atoms with Crippen LogP contribution in [0.2, 0.25) is 0 Å². The van der Waals surface area contributed by atoms with Crippen molar-refractivity contribution in [2.75, 3.05) is 6.61 Å². The number of rotatable bonds is 3. The second-order valence-electron chi connectivity index (χ2n) is 5.79. The first-order chi connectivity index (χ1) is 11.3. The highest BCUT2D eigenvalue weighted by atomic mass is 32.2. The number of hydrogen-bond acceptors (Lipinski definition) is 6. The molecule has 0 atom stereocenters. The molecule has 0 bridgehead atoms. The number of hydrogen-bond donors (Lipinski definition) is 0. The third-order valence-corrected chi connectivity index (χ3v) is 5.31. The summed E-state index contributed by atoms with van der Waals surface area (Å²) >= 11 is 1.58. The third kappa shape index (κ3) is 2.84. The molecular formula is C16H17N5OS. The van der Waals surface area contributed by atoms with Gasteiger partial charge in [-0.1, -0.05) is 11.8 Å². The predicted molar refractivity (Wildman–Crippen MR) is 84.8 cm³/mol. The number of fused-ring (bicyclic) bond motifs is 2. The van der Waals surface area contributed by atoms with Crippen LogP contribution in [0.25, 0.3) is 0 Å². The highest BCUT2D eigenvalue weighted by Crippen LogP contribution is 2.29. The molecule has 4 rings (SSSR count). The number of ether oxygens (including phenoxy) is 1. The summed E-state index contributed by atoms with van der Waals surface area (Å²) in [5.41, 5.74) is 3.08. The largest absolute Gasteiger partial charge is 0.372 e. The second-order valence-corrected chi connectivity index (χ2v) is 6.76. The number of aryl methyl sites for hydroxylation is 2. The normalized spacial score (nSPS) is 16.5. The molecule has 6 nitrogen and oxygen atoms in total. The van der Waals surface area contributed by atoms with Gasteiger partial charge in [0.25, 0.3) is 0 Å². The number of nitriles is 1. The van der Waals surface area contributed by atoms with E-state index in [2.05, 4.69) is 20.8 Å². The van der Waals surface area contributed by atoms with Gasteiger partial charge in [0.2, 0.25) is 0 Å². The lowest BCUT2D eigenvalue weighted by Gasteiger charge is -2.17. The van der Waals surface area contributed by atoms with Gasteiger partial charge in [0, 0.05) is 12.2 Å². The van der Waals surface area contributed by atoms with Crippen molar-refractivity contribution >= 4 is 11.8 Å². The number of thioether (sulfide) groups is 1. The maximum atomic E-state index is 9.42. The molecule has 0 amide bonds. The van der Waals surface area contributed by atoms with Crippen molar-refractivity contribution in [2.24, 2.45) is 0 Å². The summed E-state index contributed by atoms with van der Waals surface area (Å²) in [6.45, 7) is 2.02. The Hall–Kier alpha value is -1.91. The van der Waals surface area contributed by atoms with Crippen molar-refractivity contribution in [2.45, 2.75) is 49.6 Å². The van der Waals surface area contributed by atoms with E-state index < -0.39 is 0 Å². The van der Waals surface area contributed by atoms with Crippen LogP contribution < -0.4 is 0 Å². The van der Waals surface area contributed by atoms with Crippen LogP contribution in [0.15, 0.2) is 11.1 Å². The molecule has 2 aromatic heterocycles. The van der Waals surface area contributed by atoms with Gasteiger partial charge in [-0.25, -0.2) is 4.98 Å². The average Bonchev–Trinajstić information content (AvgIpc) is 3.02. The Morgan fingerprint density at radius 3 is 3.13 bits per heavy atom. The van der Waals surface area contributed by atoms with E-state index in [0.29, 0.717) is 24.5 Å². The minimum atomic E-state index is 0.526. The summed E-state index contributed by atoms with van der Waals surface area (Å²) in [6, 6.07) is 4.32. The third-order valence-electron chi connectivity index (χ3n) is 4.32. The number of aromatic nitrogens is 4. The Bertz CT molecular complexity index is 780. The van der Waals surface area contributed by atoms with Crippen LogP contribution >= 0.6 is 11.8 Å². The zero-order valence-electron chi connectivity index (χ0n) is 12.8. The summed E-state index contributed by atoms with van der Waals surface area (Å²) in [7, 11) is 0. The molecule has 0 saturated carbocycles. The van der Waals surface area contributed by atoms with E-state index in [-0.39, 0.29) is 0 Å². The van der Waals surface area contributed by atoms with E-state index in [0.717, 1.165) is 41.8 Å². The first-order valence-electron chi connectivity index (χ1n) is 7.89. The van der Waals surface area contributed by atoms with Gasteiger partial charge in [0.15, 0.2) is 5.82 Å². The maximum Gasteiger partial charge on any atom is 0.159 e. The van der Waals surface area contributed by atoms with Crippen LogP contribution in [-0.4, -0.2) is 26.4 Å². The van der Waals surface area contributed by atoms with Crippen molar-refractivity contribution in [1.29, 1.82) is 5.26 Å². The van der Waals surface area contributed by atoms with Crippen LogP contribution in [-0.2, 0) is 36.5 Å². The standard InChI is InChI=1S/C16H17N5OS/c17-8-12-7-11-3-1-2-4-13(11)18-16(12)23-10-15-20-19-14-9-22-6-5-21(14)15/h7H,1-6,9-10H2. The van der Waals surface area contributed by atoms with Crippen molar-refractivity contribution in [3.63, 3.8) is 0 Å². The van der Waals surface area contributed by atoms with E-state index in [9.17, 15) is 5.26 Å². The Morgan fingerprint density at radius 2 is 2.22 bits per heavy atom. The molecule has 0 N–H and O–H groups in total. The first-order valence-corrected chi connectivity index (χ1v) is 8.88. The molecule has 1 aliphatic heterocycles. The highest BCUT2D eigenvalue weighted by molar-refractivity contribution is 7.98. The lowest BCUT2D eigenvalue weighted by Crippen LogP contribution is -2.18. The molecule has 3 heterocycles. The van der Waals surface area contributed by atoms with E-state index in [1.807, 2.05) is 6.07 Å². The summed E-state index contributed by atoms with van der Waals surface area (Å²) in [6.07, 6.45) is 4.44. The molecule has 2 aliphatic rings. The Balaban J connectivity index is 1.57. The van der Waals surface area contributed by atoms with Gasteiger partial charge >= 0.3 is 0 Å². The van der Waals surface area contributed by atoms with Crippen LogP contribution in [0.1, 0.15) is 41.3 Å². The minimum Gasteiger partial charge on any atom is -0.372 e. The molecule has 0 fully saturated rings. The molecule has 0 saturated heterocycles. The van der Waals surface area contributed by atoms with E-state index in [1.54, 1.807) is 11.8 Å². The maximum absolute atomic E-state index is 9.42. The topological polar surface area (TPSA) is 76.6 Å². The minimum absolute atomic E-state index is 0.526. The summed E-state index contributed by atoms with van der Waals surface area (Å²) in [4.78, 5) is 4.75. The summed E-state index contributed by atoms with van der Waals surface area (Å²) in [5.74, 6) is 2.48. The SMILES string of the molecule is N#Cc1cc2c(nc1SCc1nnc3n1CCOC3)CCCC2. The molecule has 2 aromatic rings. The molecule has 23 heavy (non-hydrogen) atoms. The van der Waals surface area contributed by atoms with Gasteiger partial charge < -0.3 is 9.30 Å². The Kier molecular flexibility index (Phi) is 4.02. The van der Waals surface area contributed by atoms with Gasteiger partial charge in [-0.15, -0.1) is 10.2 Å². The molecular weight excluding hydrogens is 310 g/mol. The van der Waals surface area contributed by atoms with Crippen LogP contribution in [0.4, 0.5) is 0 Å². The fourth-order valence-corrected chi connectivity index (χ4v) is 4.02. The fraction of sp³-hybridized carbons (Fsp3) is 0.500. The fourth-order valence-electron chi connectivity index (χ4n) is 3.10. The van der Waals surface area contributed by atoms with Crippen molar-refractivity contribution in [3.8, 4) is 6.07 Å². The molecule has 7 heteroatoms. The molecule has 118 valence electrons. The molecule has 0 aromatic carbocycles. The van der Waals surface area contributed by atoms with Crippen molar-refractivity contribution < 1.29 is 4.74 Å². The molecule has 0 unspecified atom stereocenters. The van der Waals surface area contributed by atoms with E-state index >= 15 is 0 Å². The van der Waals surface area contributed by atoms with Crippen molar-refractivity contribution in [3.05, 3.63) is 34.5 Å². The zero-order chi connectivity index (χ0) is 15.6. The Labute approximate surface area is 138 Å². The van der Waals surface area contributed by atoms with Crippen LogP contribution in [0.3, 0.4) is 0 Å². The lowest BCUT2D eigenvalue weighted by atomic mass is 9.95. The van der Waals surface area contributed by atoms with Crippen molar-refractivity contribution in [1.82, 2.24) is 19.7 Å². The van der Waals surface area contributed by atoms with Gasteiger partial charge in [-0.3, -0.25) is 0 Å². The van der Waals surface area contributed by atoms with Gasteiger partial charge in [-0.05, 0) is 37.3 Å². The number of nitrogens with zero attached hydrogens (tertiary/aromatic N) is 5. The van der Waals surface area contributed by atoms with E-state index in [1.165, 1.54) is 18.4 Å².